The van der Waals surface area contributed by atoms with Crippen molar-refractivity contribution >= 4 is 21.8 Å². The third-order valence-corrected chi connectivity index (χ3v) is 6.15. The van der Waals surface area contributed by atoms with Crippen LogP contribution in [0.2, 0.25) is 0 Å². The fraction of sp³-hybridized carbons (Fsp3) is 0.500. The zero-order valence-corrected chi connectivity index (χ0v) is 16.6. The summed E-state index contributed by atoms with van der Waals surface area (Å²) in [6.45, 7) is 4.71. The number of halogens is 1. The number of hydrogen-bond acceptors (Lipinski definition) is 2. The molecular weight excluding hydrogens is 378 g/mol. The van der Waals surface area contributed by atoms with E-state index in [2.05, 4.69) is 26.3 Å². The van der Waals surface area contributed by atoms with Crippen LogP contribution < -0.4 is 5.32 Å². The number of nitrogens with one attached hydrogen (secondary N) is 1. The molecule has 0 spiro atoms. The molecule has 1 aliphatic rings. The molecule has 1 aliphatic carbocycles. The van der Waals surface area contributed by atoms with Crippen LogP contribution in [0.25, 0.3) is 0 Å². The summed E-state index contributed by atoms with van der Waals surface area (Å²) in [6, 6.07) is 8.21. The molecule has 1 heterocycles. The van der Waals surface area contributed by atoms with Crippen LogP contribution in [0, 0.1) is 13.8 Å². The first-order valence-corrected chi connectivity index (χ1v) is 9.93. The van der Waals surface area contributed by atoms with Crippen LogP contribution >= 0.6 is 15.9 Å². The third kappa shape index (κ3) is 4.51. The van der Waals surface area contributed by atoms with Gasteiger partial charge in [-0.25, -0.2) is 0 Å². The second-order valence-electron chi connectivity index (χ2n) is 7.00. The van der Waals surface area contributed by atoms with Gasteiger partial charge in [-0.15, -0.1) is 0 Å². The number of carbonyl (C=O) groups excluding carboxylic acids is 1. The maximum atomic E-state index is 12.6. The van der Waals surface area contributed by atoms with E-state index >= 15 is 0 Å². The van der Waals surface area contributed by atoms with E-state index in [0.29, 0.717) is 12.6 Å². The number of benzene rings is 1. The lowest BCUT2D eigenvalue weighted by molar-refractivity contribution is 0.0933. The van der Waals surface area contributed by atoms with E-state index in [1.165, 1.54) is 25.7 Å². The highest BCUT2D eigenvalue weighted by molar-refractivity contribution is 9.10. The van der Waals surface area contributed by atoms with Crippen molar-refractivity contribution in [2.24, 2.45) is 0 Å². The fourth-order valence-corrected chi connectivity index (χ4v) is 3.79. The molecule has 0 saturated heterocycles. The van der Waals surface area contributed by atoms with Gasteiger partial charge in [0.05, 0.1) is 22.4 Å². The molecule has 3 rings (SSSR count). The van der Waals surface area contributed by atoms with E-state index in [0.717, 1.165) is 39.8 Å². The van der Waals surface area contributed by atoms with Crippen LogP contribution in [0.5, 0.6) is 0 Å². The summed E-state index contributed by atoms with van der Waals surface area (Å²) in [5.74, 6) is 0.0447. The molecule has 134 valence electrons. The molecule has 25 heavy (non-hydrogen) atoms. The summed E-state index contributed by atoms with van der Waals surface area (Å²) in [7, 11) is 0. The van der Waals surface area contributed by atoms with Crippen molar-refractivity contribution in [2.75, 3.05) is 0 Å². The van der Waals surface area contributed by atoms with Crippen molar-refractivity contribution in [2.45, 2.75) is 65.0 Å². The van der Waals surface area contributed by atoms with E-state index in [4.69, 9.17) is 0 Å². The number of aromatic nitrogens is 2. The van der Waals surface area contributed by atoms with Crippen LogP contribution in [-0.4, -0.2) is 21.7 Å². The fourth-order valence-electron chi connectivity index (χ4n) is 3.51. The first kappa shape index (κ1) is 18.2. The van der Waals surface area contributed by atoms with Gasteiger partial charge in [0, 0.05) is 11.6 Å². The molecular formula is C20H26BrN3O. The van der Waals surface area contributed by atoms with Gasteiger partial charge in [-0.3, -0.25) is 9.48 Å². The molecule has 1 aromatic carbocycles. The Labute approximate surface area is 158 Å². The highest BCUT2D eigenvalue weighted by Crippen LogP contribution is 2.21. The van der Waals surface area contributed by atoms with Crippen molar-refractivity contribution in [3.8, 4) is 0 Å². The van der Waals surface area contributed by atoms with Crippen LogP contribution in [0.4, 0.5) is 0 Å². The third-order valence-electron chi connectivity index (χ3n) is 5.01. The van der Waals surface area contributed by atoms with Gasteiger partial charge < -0.3 is 5.32 Å². The van der Waals surface area contributed by atoms with Gasteiger partial charge in [0.2, 0.25) is 0 Å². The molecule has 4 nitrogen and oxygen atoms in total. The molecule has 1 fully saturated rings. The lowest BCUT2D eigenvalue weighted by Crippen LogP contribution is -2.34. The second-order valence-corrected chi connectivity index (χ2v) is 7.80. The van der Waals surface area contributed by atoms with Gasteiger partial charge in [0.25, 0.3) is 5.91 Å². The minimum absolute atomic E-state index is 0.0447. The molecule has 2 aromatic rings. The first-order valence-electron chi connectivity index (χ1n) is 9.14. The number of amides is 1. The molecule has 0 atom stereocenters. The number of aryl methyl sites for hydroxylation is 1. The highest BCUT2D eigenvalue weighted by Gasteiger charge is 2.16. The number of rotatable bonds is 4. The van der Waals surface area contributed by atoms with Crippen LogP contribution in [0.1, 0.15) is 65.8 Å². The lowest BCUT2D eigenvalue weighted by atomic mass is 10.1. The summed E-state index contributed by atoms with van der Waals surface area (Å²) in [4.78, 5) is 12.6. The molecule has 1 aromatic heterocycles. The Hall–Kier alpha value is -1.62. The Morgan fingerprint density at radius 2 is 1.96 bits per heavy atom. The van der Waals surface area contributed by atoms with Gasteiger partial charge in [-0.2, -0.15) is 5.10 Å². The van der Waals surface area contributed by atoms with Crippen LogP contribution in [-0.2, 0) is 6.54 Å². The highest BCUT2D eigenvalue weighted by atomic mass is 79.9. The molecule has 0 aliphatic heterocycles. The van der Waals surface area contributed by atoms with E-state index < -0.39 is 0 Å². The van der Waals surface area contributed by atoms with Crippen molar-refractivity contribution in [1.82, 2.24) is 15.1 Å². The Kier molecular flexibility index (Phi) is 5.94. The predicted molar refractivity (Wildman–Crippen MR) is 104 cm³/mol. The number of hydrogen-bond donors (Lipinski definition) is 1. The van der Waals surface area contributed by atoms with Gasteiger partial charge >= 0.3 is 0 Å². The SMILES string of the molecule is Cc1nn(Cc2cccc(C(=O)NC3CCCCCC3)c2)c(C)c1Br. The van der Waals surface area contributed by atoms with Gasteiger partial charge in [0.15, 0.2) is 0 Å². The Bertz CT molecular complexity index is 745. The van der Waals surface area contributed by atoms with Gasteiger partial charge in [-0.05, 0) is 60.3 Å². The van der Waals surface area contributed by atoms with Gasteiger partial charge in [0.1, 0.15) is 0 Å². The van der Waals surface area contributed by atoms with Crippen molar-refractivity contribution < 1.29 is 4.79 Å². The molecule has 1 amide bonds. The molecule has 1 N–H and O–H groups in total. The van der Waals surface area contributed by atoms with Crippen LogP contribution in [0.15, 0.2) is 28.7 Å². The maximum absolute atomic E-state index is 12.6. The Balaban J connectivity index is 1.70. The average Bonchev–Trinajstić information content (AvgIpc) is 2.80. The zero-order valence-electron chi connectivity index (χ0n) is 15.0. The standard InChI is InChI=1S/C20H26BrN3O/c1-14-19(21)15(2)24(23-14)13-16-8-7-9-17(12-16)20(25)22-18-10-5-3-4-6-11-18/h7-9,12,18H,3-6,10-11,13H2,1-2H3,(H,22,25). The summed E-state index contributed by atoms with van der Waals surface area (Å²) in [6.07, 6.45) is 7.23. The second kappa shape index (κ2) is 8.17. The Morgan fingerprint density at radius 1 is 1.24 bits per heavy atom. The van der Waals surface area contributed by atoms with Crippen molar-refractivity contribution in [3.05, 3.63) is 51.3 Å². The zero-order chi connectivity index (χ0) is 17.8. The van der Waals surface area contributed by atoms with E-state index in [1.54, 1.807) is 0 Å². The minimum Gasteiger partial charge on any atom is -0.349 e. The quantitative estimate of drug-likeness (QED) is 0.747. The summed E-state index contributed by atoms with van der Waals surface area (Å²) in [5, 5.41) is 7.77. The molecule has 0 radical (unpaired) electrons. The van der Waals surface area contributed by atoms with E-state index in [-0.39, 0.29) is 5.91 Å². The van der Waals surface area contributed by atoms with Crippen molar-refractivity contribution in [3.63, 3.8) is 0 Å². The Morgan fingerprint density at radius 3 is 2.60 bits per heavy atom. The van der Waals surface area contributed by atoms with E-state index in [9.17, 15) is 4.79 Å². The number of nitrogens with zero attached hydrogens (tertiary/aromatic N) is 2. The first-order chi connectivity index (χ1) is 12.0. The average molecular weight is 404 g/mol. The van der Waals surface area contributed by atoms with E-state index in [1.807, 2.05) is 42.8 Å². The largest absolute Gasteiger partial charge is 0.349 e. The number of carbonyl (C=O) groups is 1. The molecule has 0 bridgehead atoms. The summed E-state index contributed by atoms with van der Waals surface area (Å²) in [5.41, 5.74) is 3.92. The summed E-state index contributed by atoms with van der Waals surface area (Å²) >= 11 is 3.57. The molecule has 5 heteroatoms. The molecule has 1 saturated carbocycles. The summed E-state index contributed by atoms with van der Waals surface area (Å²) < 4.78 is 3.02. The topological polar surface area (TPSA) is 46.9 Å². The maximum Gasteiger partial charge on any atom is 0.251 e. The monoisotopic (exact) mass is 403 g/mol. The van der Waals surface area contributed by atoms with Crippen LogP contribution in [0.3, 0.4) is 0 Å². The normalized spacial score (nSPS) is 15.8. The van der Waals surface area contributed by atoms with Crippen molar-refractivity contribution in [1.29, 1.82) is 0 Å². The van der Waals surface area contributed by atoms with Gasteiger partial charge in [-0.1, -0.05) is 37.8 Å². The smallest absolute Gasteiger partial charge is 0.251 e. The predicted octanol–water partition coefficient (Wildman–Crippen LogP) is 4.76. The minimum atomic E-state index is 0.0447. The lowest BCUT2D eigenvalue weighted by Gasteiger charge is -2.16. The molecule has 0 unspecified atom stereocenters.